The molecular formula is C21H22N2O3S. The van der Waals surface area contributed by atoms with E-state index in [9.17, 15) is 9.59 Å². The molecule has 3 aromatic rings. The van der Waals surface area contributed by atoms with Gasteiger partial charge in [0.25, 0.3) is 5.91 Å². The summed E-state index contributed by atoms with van der Waals surface area (Å²) < 4.78 is 7.89. The first kappa shape index (κ1) is 19.0. The molecule has 6 heteroatoms. The number of hydrogen-bond acceptors (Lipinski definition) is 4. The topological polar surface area (TPSA) is 60.7 Å². The average molecular weight is 382 g/mol. The molecule has 1 heterocycles. The van der Waals surface area contributed by atoms with E-state index in [2.05, 4.69) is 11.1 Å². The van der Waals surface area contributed by atoms with Gasteiger partial charge >= 0.3 is 5.97 Å². The van der Waals surface area contributed by atoms with Crippen LogP contribution in [0.3, 0.4) is 0 Å². The van der Waals surface area contributed by atoms with E-state index >= 15 is 0 Å². The number of rotatable bonds is 4. The zero-order valence-corrected chi connectivity index (χ0v) is 16.7. The Bertz CT molecular complexity index is 1090. The van der Waals surface area contributed by atoms with Gasteiger partial charge in [-0.25, -0.2) is 0 Å². The maximum absolute atomic E-state index is 12.7. The minimum absolute atomic E-state index is 0.0244. The van der Waals surface area contributed by atoms with E-state index in [0.29, 0.717) is 17.0 Å². The molecule has 0 saturated heterocycles. The van der Waals surface area contributed by atoms with Crippen LogP contribution in [-0.4, -0.2) is 23.1 Å². The lowest BCUT2D eigenvalue weighted by molar-refractivity contribution is -0.143. The van der Waals surface area contributed by atoms with Crippen LogP contribution in [0.1, 0.15) is 34.0 Å². The van der Waals surface area contributed by atoms with Crippen molar-refractivity contribution in [1.82, 2.24) is 4.57 Å². The summed E-state index contributed by atoms with van der Waals surface area (Å²) in [6.07, 6.45) is 0. The van der Waals surface area contributed by atoms with Crippen molar-refractivity contribution in [2.45, 2.75) is 34.2 Å². The predicted octanol–water partition coefficient (Wildman–Crippen LogP) is 3.93. The fraction of sp³-hybridized carbons (Fsp3) is 0.286. The van der Waals surface area contributed by atoms with Crippen LogP contribution in [0.2, 0.25) is 0 Å². The normalized spacial score (nSPS) is 11.8. The number of fused-ring (bicyclic) bond motifs is 1. The monoisotopic (exact) mass is 382 g/mol. The number of hydrogen-bond donors (Lipinski definition) is 0. The van der Waals surface area contributed by atoms with Gasteiger partial charge in [0, 0.05) is 5.56 Å². The van der Waals surface area contributed by atoms with E-state index in [0.717, 1.165) is 26.9 Å². The van der Waals surface area contributed by atoms with Gasteiger partial charge in [-0.05, 0) is 56.5 Å². The lowest BCUT2D eigenvalue weighted by atomic mass is 10.1. The third-order valence-electron chi connectivity index (χ3n) is 4.28. The minimum atomic E-state index is -0.346. The van der Waals surface area contributed by atoms with Gasteiger partial charge in [0.15, 0.2) is 4.80 Å². The Balaban J connectivity index is 2.19. The Kier molecular flexibility index (Phi) is 5.56. The van der Waals surface area contributed by atoms with Crippen LogP contribution in [0, 0.1) is 20.8 Å². The fourth-order valence-corrected chi connectivity index (χ4v) is 4.12. The zero-order valence-electron chi connectivity index (χ0n) is 15.9. The summed E-state index contributed by atoms with van der Waals surface area (Å²) >= 11 is 1.42. The van der Waals surface area contributed by atoms with Gasteiger partial charge in [-0.3, -0.25) is 9.59 Å². The van der Waals surface area contributed by atoms with Crippen LogP contribution >= 0.6 is 11.3 Å². The fourth-order valence-electron chi connectivity index (χ4n) is 3.05. The summed E-state index contributed by atoms with van der Waals surface area (Å²) in [6, 6.07) is 11.4. The molecule has 1 aromatic heterocycles. The number of carbonyl (C=O) groups excluding carboxylic acids is 2. The third-order valence-corrected chi connectivity index (χ3v) is 5.51. The Morgan fingerprint density at radius 2 is 1.85 bits per heavy atom. The first-order valence-electron chi connectivity index (χ1n) is 8.81. The SMILES string of the molecule is CCOC(=O)Cn1c(=NC(=O)c2ccccc2C)sc2c(C)cc(C)cc21. The van der Waals surface area contributed by atoms with Crippen LogP contribution in [0.5, 0.6) is 0 Å². The van der Waals surface area contributed by atoms with E-state index in [-0.39, 0.29) is 18.4 Å². The molecule has 0 fully saturated rings. The maximum Gasteiger partial charge on any atom is 0.326 e. The van der Waals surface area contributed by atoms with E-state index in [1.54, 1.807) is 17.6 Å². The highest BCUT2D eigenvalue weighted by molar-refractivity contribution is 7.16. The minimum Gasteiger partial charge on any atom is -0.465 e. The van der Waals surface area contributed by atoms with Gasteiger partial charge in [0.2, 0.25) is 0 Å². The smallest absolute Gasteiger partial charge is 0.326 e. The molecule has 0 saturated carbocycles. The lowest BCUT2D eigenvalue weighted by Crippen LogP contribution is -2.23. The van der Waals surface area contributed by atoms with E-state index < -0.39 is 0 Å². The Hall–Kier alpha value is -2.73. The average Bonchev–Trinajstić information content (AvgIpc) is 2.93. The van der Waals surface area contributed by atoms with Crippen molar-refractivity contribution in [2.75, 3.05) is 6.61 Å². The molecule has 2 aromatic carbocycles. The largest absolute Gasteiger partial charge is 0.465 e. The summed E-state index contributed by atoms with van der Waals surface area (Å²) in [5, 5.41) is 0. The molecule has 0 aliphatic rings. The Labute approximate surface area is 161 Å². The van der Waals surface area contributed by atoms with Crippen molar-refractivity contribution in [3.8, 4) is 0 Å². The summed E-state index contributed by atoms with van der Waals surface area (Å²) in [4.78, 5) is 29.7. The molecule has 0 aliphatic carbocycles. The van der Waals surface area contributed by atoms with Gasteiger partial charge in [-0.2, -0.15) is 4.99 Å². The summed E-state index contributed by atoms with van der Waals surface area (Å²) in [7, 11) is 0. The summed E-state index contributed by atoms with van der Waals surface area (Å²) in [5.41, 5.74) is 4.51. The van der Waals surface area contributed by atoms with Crippen molar-refractivity contribution in [3.63, 3.8) is 0 Å². The highest BCUT2D eigenvalue weighted by Crippen LogP contribution is 2.23. The van der Waals surface area contributed by atoms with E-state index in [4.69, 9.17) is 4.74 Å². The second-order valence-corrected chi connectivity index (χ2v) is 7.42. The first-order valence-corrected chi connectivity index (χ1v) is 9.63. The zero-order chi connectivity index (χ0) is 19.6. The molecule has 0 atom stereocenters. The molecule has 5 nitrogen and oxygen atoms in total. The van der Waals surface area contributed by atoms with Crippen LogP contribution in [0.25, 0.3) is 10.2 Å². The van der Waals surface area contributed by atoms with E-state index in [1.807, 2.05) is 45.0 Å². The Morgan fingerprint density at radius 3 is 2.56 bits per heavy atom. The third kappa shape index (κ3) is 4.01. The van der Waals surface area contributed by atoms with E-state index in [1.165, 1.54) is 11.3 Å². The van der Waals surface area contributed by atoms with Crippen molar-refractivity contribution in [2.24, 2.45) is 4.99 Å². The van der Waals surface area contributed by atoms with Crippen molar-refractivity contribution in [3.05, 3.63) is 63.5 Å². The Morgan fingerprint density at radius 1 is 1.11 bits per heavy atom. The van der Waals surface area contributed by atoms with Crippen molar-refractivity contribution >= 4 is 33.4 Å². The number of aromatic nitrogens is 1. The summed E-state index contributed by atoms with van der Waals surface area (Å²) in [5.74, 6) is -0.659. The number of thiazole rings is 1. The highest BCUT2D eigenvalue weighted by atomic mass is 32.1. The van der Waals surface area contributed by atoms with Crippen molar-refractivity contribution < 1.29 is 14.3 Å². The van der Waals surface area contributed by atoms with Gasteiger partial charge in [-0.15, -0.1) is 0 Å². The molecule has 0 radical (unpaired) electrons. The number of nitrogens with zero attached hydrogens (tertiary/aromatic N) is 2. The molecule has 0 N–H and O–H groups in total. The van der Waals surface area contributed by atoms with Crippen LogP contribution < -0.4 is 4.80 Å². The number of aryl methyl sites for hydroxylation is 3. The van der Waals surface area contributed by atoms with Crippen molar-refractivity contribution in [1.29, 1.82) is 0 Å². The quantitative estimate of drug-likeness (QED) is 0.642. The standard InChI is InChI=1S/C21H22N2O3S/c1-5-26-18(24)12-23-17-11-13(2)10-15(4)19(17)27-21(23)22-20(25)16-9-7-6-8-14(16)3/h6-11H,5,12H2,1-4H3. The molecule has 0 aliphatic heterocycles. The second-order valence-electron chi connectivity index (χ2n) is 6.44. The molecule has 140 valence electrons. The summed E-state index contributed by atoms with van der Waals surface area (Å²) in [6.45, 7) is 8.02. The molecule has 3 rings (SSSR count). The highest BCUT2D eigenvalue weighted by Gasteiger charge is 2.15. The molecule has 1 amide bonds. The molecule has 27 heavy (non-hydrogen) atoms. The predicted molar refractivity (Wildman–Crippen MR) is 107 cm³/mol. The van der Waals surface area contributed by atoms with Gasteiger partial charge < -0.3 is 9.30 Å². The molecule has 0 spiro atoms. The van der Waals surface area contributed by atoms with Crippen LogP contribution in [0.4, 0.5) is 0 Å². The number of amides is 1. The number of carbonyl (C=O) groups is 2. The van der Waals surface area contributed by atoms with Gasteiger partial charge in [-0.1, -0.05) is 35.6 Å². The van der Waals surface area contributed by atoms with Crippen LogP contribution in [-0.2, 0) is 16.1 Å². The molecular weight excluding hydrogens is 360 g/mol. The molecule has 0 bridgehead atoms. The van der Waals surface area contributed by atoms with Crippen LogP contribution in [0.15, 0.2) is 41.4 Å². The lowest BCUT2D eigenvalue weighted by Gasteiger charge is -2.06. The van der Waals surface area contributed by atoms with Gasteiger partial charge in [0.05, 0.1) is 16.8 Å². The number of ether oxygens (including phenoxy) is 1. The van der Waals surface area contributed by atoms with Gasteiger partial charge in [0.1, 0.15) is 6.54 Å². The maximum atomic E-state index is 12.7. The molecule has 0 unspecified atom stereocenters. The number of esters is 1. The number of benzene rings is 2. The first-order chi connectivity index (χ1) is 12.9. The second kappa shape index (κ2) is 7.88.